The molecule has 1 aromatic carbocycles. The summed E-state index contributed by atoms with van der Waals surface area (Å²) in [4.78, 5) is 47.9. The lowest BCUT2D eigenvalue weighted by molar-refractivity contribution is -0.140. The number of urea groups is 1. The van der Waals surface area contributed by atoms with Crippen LogP contribution in [-0.2, 0) is 11.3 Å². The van der Waals surface area contributed by atoms with E-state index < -0.39 is 23.9 Å². The van der Waals surface area contributed by atoms with Crippen molar-refractivity contribution in [3.63, 3.8) is 0 Å². The van der Waals surface area contributed by atoms with Gasteiger partial charge in [0.1, 0.15) is 11.4 Å². The smallest absolute Gasteiger partial charge is 0.354 e. The first-order valence-corrected chi connectivity index (χ1v) is 13.9. The Hall–Kier alpha value is -3.03. The van der Waals surface area contributed by atoms with Crippen molar-refractivity contribution in [1.29, 1.82) is 0 Å². The minimum Gasteiger partial charge on any atom is -0.394 e. The van der Waals surface area contributed by atoms with Gasteiger partial charge in [-0.05, 0) is 76.4 Å². The average Bonchev–Trinajstić information content (AvgIpc) is 2.93. The van der Waals surface area contributed by atoms with E-state index in [1.165, 1.54) is 17.1 Å². The van der Waals surface area contributed by atoms with Gasteiger partial charge >= 0.3 is 11.7 Å². The van der Waals surface area contributed by atoms with E-state index in [0.29, 0.717) is 18.2 Å². The summed E-state index contributed by atoms with van der Waals surface area (Å²) in [6.07, 6.45) is 3.83. The molecular weight excluding hydrogens is 548 g/mol. The SMILES string of the molecule is CC(N)C1CCN(Cc2ccc(-n3ccc(NC(=O)N4CCN(C(=O)C(C)(N)CO)C[C@H]4C)nc3=O)cc2)CC1.Cl. The van der Waals surface area contributed by atoms with Crippen molar-refractivity contribution in [3.05, 3.63) is 52.6 Å². The van der Waals surface area contributed by atoms with E-state index in [4.69, 9.17) is 11.5 Å². The molecule has 2 fully saturated rings. The fourth-order valence-electron chi connectivity index (χ4n) is 5.38. The minimum absolute atomic E-state index is 0. The van der Waals surface area contributed by atoms with E-state index in [1.807, 2.05) is 31.2 Å². The van der Waals surface area contributed by atoms with Gasteiger partial charge in [0.25, 0.3) is 0 Å². The molecule has 41 heavy (non-hydrogen) atoms. The van der Waals surface area contributed by atoms with Crippen LogP contribution < -0.4 is 22.5 Å². The normalized spacial score (nSPS) is 20.6. The van der Waals surface area contributed by atoms with E-state index in [-0.39, 0.29) is 49.3 Å². The third-order valence-corrected chi connectivity index (χ3v) is 8.03. The standard InChI is InChI=1S/C28H42N8O4.ClH/c1-19-16-34(25(38)28(3,30)18-37)14-15-35(19)26(39)31-24-10-13-36(27(40)32-24)23-6-4-21(5-7-23)17-33-11-8-22(9-12-33)20(2)29;/h4-7,10,13,19-20,22,37H,8-9,11-12,14-18,29-30H2,1-3H3,(H,31,32,39,40);1H/t19-,20?,28?;/m1./s1. The zero-order chi connectivity index (χ0) is 29.0. The lowest BCUT2D eigenvalue weighted by Crippen LogP contribution is -2.62. The Kier molecular flexibility index (Phi) is 10.9. The number of piperidine rings is 1. The van der Waals surface area contributed by atoms with Crippen molar-refractivity contribution in [2.75, 3.05) is 44.6 Å². The number of benzene rings is 1. The van der Waals surface area contributed by atoms with E-state index in [2.05, 4.69) is 22.1 Å². The van der Waals surface area contributed by atoms with Crippen molar-refractivity contribution < 1.29 is 14.7 Å². The molecule has 0 bridgehead atoms. The molecule has 2 aliphatic rings. The van der Waals surface area contributed by atoms with Crippen LogP contribution >= 0.6 is 12.4 Å². The van der Waals surface area contributed by atoms with Crippen LogP contribution in [0.3, 0.4) is 0 Å². The molecule has 2 saturated heterocycles. The Morgan fingerprint density at radius 2 is 1.80 bits per heavy atom. The molecule has 0 radical (unpaired) electrons. The summed E-state index contributed by atoms with van der Waals surface area (Å²) >= 11 is 0. The first kappa shape index (κ1) is 32.5. The summed E-state index contributed by atoms with van der Waals surface area (Å²) in [6.45, 7) is 8.72. The molecule has 226 valence electrons. The van der Waals surface area contributed by atoms with Gasteiger partial charge in [-0.2, -0.15) is 4.98 Å². The molecule has 3 heterocycles. The maximum absolute atomic E-state index is 12.9. The lowest BCUT2D eigenvalue weighted by Gasteiger charge is -2.41. The third kappa shape index (κ3) is 7.83. The van der Waals surface area contributed by atoms with Crippen LogP contribution in [-0.4, -0.2) is 98.2 Å². The Bertz CT molecular complexity index is 1240. The molecule has 2 aromatic rings. The van der Waals surface area contributed by atoms with Gasteiger partial charge in [0.15, 0.2) is 0 Å². The van der Waals surface area contributed by atoms with Gasteiger partial charge in [0, 0.05) is 44.5 Å². The number of anilines is 1. The number of carbonyl (C=O) groups excluding carboxylic acids is 2. The fraction of sp³-hybridized carbons (Fsp3) is 0.571. The van der Waals surface area contributed by atoms with Crippen LogP contribution in [0.1, 0.15) is 39.2 Å². The van der Waals surface area contributed by atoms with Crippen LogP contribution in [0.15, 0.2) is 41.3 Å². The summed E-state index contributed by atoms with van der Waals surface area (Å²) in [6, 6.07) is 8.97. The molecule has 0 spiro atoms. The van der Waals surface area contributed by atoms with E-state index >= 15 is 0 Å². The first-order valence-electron chi connectivity index (χ1n) is 13.9. The predicted molar refractivity (Wildman–Crippen MR) is 160 cm³/mol. The molecule has 2 aliphatic heterocycles. The number of aromatic nitrogens is 2. The molecule has 0 aliphatic carbocycles. The maximum Gasteiger partial charge on any atom is 0.354 e. The number of halogens is 1. The van der Waals surface area contributed by atoms with E-state index in [1.54, 1.807) is 22.1 Å². The van der Waals surface area contributed by atoms with Crippen molar-refractivity contribution in [3.8, 4) is 5.69 Å². The van der Waals surface area contributed by atoms with Gasteiger partial charge in [0.2, 0.25) is 5.91 Å². The van der Waals surface area contributed by atoms with Crippen LogP contribution in [0.5, 0.6) is 0 Å². The minimum atomic E-state index is -1.36. The fourth-order valence-corrected chi connectivity index (χ4v) is 5.38. The molecule has 1 aromatic heterocycles. The molecular formula is C28H43ClN8O4. The number of aliphatic hydroxyl groups excluding tert-OH is 1. The number of hydrogen-bond donors (Lipinski definition) is 4. The number of amides is 3. The van der Waals surface area contributed by atoms with Gasteiger partial charge in [-0.3, -0.25) is 19.6 Å². The van der Waals surface area contributed by atoms with Gasteiger partial charge in [-0.25, -0.2) is 9.59 Å². The van der Waals surface area contributed by atoms with Crippen molar-refractivity contribution >= 4 is 30.2 Å². The van der Waals surface area contributed by atoms with Crippen LogP contribution in [0.4, 0.5) is 10.6 Å². The van der Waals surface area contributed by atoms with Crippen LogP contribution in [0.25, 0.3) is 5.69 Å². The highest BCUT2D eigenvalue weighted by atomic mass is 35.5. The molecule has 12 nitrogen and oxygen atoms in total. The molecule has 3 atom stereocenters. The van der Waals surface area contributed by atoms with Crippen LogP contribution in [0, 0.1) is 5.92 Å². The summed E-state index contributed by atoms with van der Waals surface area (Å²) in [5.74, 6) is 0.385. The molecule has 3 amide bonds. The summed E-state index contributed by atoms with van der Waals surface area (Å²) in [5, 5.41) is 12.1. The Labute approximate surface area is 247 Å². The number of hydrogen-bond acceptors (Lipinski definition) is 8. The number of nitrogens with one attached hydrogen (secondary N) is 1. The second kappa shape index (κ2) is 13.8. The number of aliphatic hydroxyl groups is 1. The average molecular weight is 591 g/mol. The van der Waals surface area contributed by atoms with E-state index in [9.17, 15) is 19.5 Å². The summed E-state index contributed by atoms with van der Waals surface area (Å²) < 4.78 is 1.44. The number of rotatable bonds is 7. The Morgan fingerprint density at radius 3 is 2.37 bits per heavy atom. The summed E-state index contributed by atoms with van der Waals surface area (Å²) in [5.41, 5.74) is 11.9. The number of likely N-dealkylation sites (tertiary alicyclic amines) is 1. The molecule has 2 unspecified atom stereocenters. The van der Waals surface area contributed by atoms with Gasteiger partial charge in [-0.1, -0.05) is 12.1 Å². The van der Waals surface area contributed by atoms with E-state index in [0.717, 1.165) is 32.5 Å². The van der Waals surface area contributed by atoms with Crippen LogP contribution in [0.2, 0.25) is 0 Å². The largest absolute Gasteiger partial charge is 0.394 e. The molecule has 6 N–H and O–H groups in total. The topological polar surface area (TPSA) is 163 Å². The Balaban J connectivity index is 0.00000462. The van der Waals surface area contributed by atoms with Crippen molar-refractivity contribution in [2.45, 2.75) is 57.8 Å². The molecule has 0 saturated carbocycles. The highest BCUT2D eigenvalue weighted by molar-refractivity contribution is 5.89. The van der Waals surface area contributed by atoms with Crippen molar-refractivity contribution in [1.82, 2.24) is 24.3 Å². The highest BCUT2D eigenvalue weighted by Crippen LogP contribution is 2.21. The van der Waals surface area contributed by atoms with Gasteiger partial charge in [0.05, 0.1) is 12.3 Å². The lowest BCUT2D eigenvalue weighted by atomic mass is 9.91. The Morgan fingerprint density at radius 1 is 1.15 bits per heavy atom. The third-order valence-electron chi connectivity index (χ3n) is 8.03. The van der Waals surface area contributed by atoms with Gasteiger partial charge < -0.3 is 26.4 Å². The number of nitrogens with two attached hydrogens (primary N) is 2. The molecule has 4 rings (SSSR count). The zero-order valence-electron chi connectivity index (χ0n) is 24.0. The second-order valence-corrected chi connectivity index (χ2v) is 11.4. The summed E-state index contributed by atoms with van der Waals surface area (Å²) in [7, 11) is 0. The zero-order valence-corrected chi connectivity index (χ0v) is 24.8. The predicted octanol–water partition coefficient (Wildman–Crippen LogP) is 0.988. The number of nitrogens with zero attached hydrogens (tertiary/aromatic N) is 5. The highest BCUT2D eigenvalue weighted by Gasteiger charge is 2.37. The monoisotopic (exact) mass is 590 g/mol. The van der Waals surface area contributed by atoms with Crippen molar-refractivity contribution in [2.24, 2.45) is 17.4 Å². The first-order chi connectivity index (χ1) is 19.0. The number of carbonyl (C=O) groups is 2. The quantitative estimate of drug-likeness (QED) is 0.371. The maximum atomic E-state index is 12.9. The number of piperazine rings is 1. The van der Waals surface area contributed by atoms with Gasteiger partial charge in [-0.15, -0.1) is 12.4 Å². The molecule has 13 heteroatoms. The second-order valence-electron chi connectivity index (χ2n) is 11.4.